The van der Waals surface area contributed by atoms with Gasteiger partial charge in [-0.3, -0.25) is 4.79 Å². The second-order valence-corrected chi connectivity index (χ2v) is 7.57. The molecule has 0 saturated heterocycles. The molecule has 1 aromatic rings. The van der Waals surface area contributed by atoms with Crippen LogP contribution in [0.4, 0.5) is 61.9 Å². The minimum atomic E-state index is -8.02. The summed E-state index contributed by atoms with van der Waals surface area (Å²) < 4.78 is 176. The predicted molar refractivity (Wildman–Crippen MR) is 99.1 cm³/mol. The van der Waals surface area contributed by atoms with Crippen molar-refractivity contribution >= 4 is 11.9 Å². The van der Waals surface area contributed by atoms with Crippen LogP contribution >= 0.6 is 0 Å². The predicted octanol–water partition coefficient (Wildman–Crippen LogP) is 6.43. The van der Waals surface area contributed by atoms with Gasteiger partial charge in [0.2, 0.25) is 0 Å². The zero-order valence-corrected chi connectivity index (χ0v) is 18.4. The molecule has 212 valence electrons. The van der Waals surface area contributed by atoms with E-state index in [9.17, 15) is 66.7 Å². The molecule has 17 heteroatoms. The number of ether oxygens (including phenoxy) is 1. The van der Waals surface area contributed by atoms with Crippen molar-refractivity contribution in [3.05, 3.63) is 35.9 Å². The molecule has 0 fully saturated rings. The number of Topliss-reactive ketones (excluding diaryl/α,β-unsaturated/α-hetero) is 1. The van der Waals surface area contributed by atoms with Gasteiger partial charge in [-0.1, -0.05) is 30.3 Å². The fraction of sp³-hybridized carbons (Fsp3) is 0.600. The number of alkyl halides is 13. The molecule has 37 heavy (non-hydrogen) atoms. The van der Waals surface area contributed by atoms with E-state index in [0.29, 0.717) is 0 Å². The topological polar surface area (TPSA) is 55.4 Å². The zero-order chi connectivity index (χ0) is 29.1. The average molecular weight is 567 g/mol. The van der Waals surface area contributed by atoms with E-state index in [1.54, 1.807) is 0 Å². The highest BCUT2D eigenvalue weighted by Crippen LogP contribution is 2.60. The van der Waals surface area contributed by atoms with Gasteiger partial charge in [0.25, 0.3) is 0 Å². The van der Waals surface area contributed by atoms with Crippen LogP contribution in [-0.4, -0.2) is 60.3 Å². The highest BCUT2D eigenvalue weighted by Gasteiger charge is 2.90. The van der Waals surface area contributed by atoms with Crippen molar-refractivity contribution in [3.63, 3.8) is 0 Å². The lowest BCUT2D eigenvalue weighted by atomic mass is 9.90. The Morgan fingerprint density at radius 2 is 1.27 bits per heavy atom. The third-order valence-electron chi connectivity index (χ3n) is 4.92. The maximum absolute atomic E-state index is 14.0. The summed E-state index contributed by atoms with van der Waals surface area (Å²) in [5.74, 6) is -39.2. The number of halogens is 13. The van der Waals surface area contributed by atoms with Gasteiger partial charge < -0.3 is 10.1 Å². The van der Waals surface area contributed by atoms with Gasteiger partial charge in [-0.25, -0.2) is 4.79 Å². The Kier molecular flexibility index (Phi) is 9.54. The smallest absolute Gasteiger partial charge is 0.450 e. The number of amides is 1. The zero-order valence-electron chi connectivity index (χ0n) is 18.4. The van der Waals surface area contributed by atoms with Crippen LogP contribution in [0.5, 0.6) is 0 Å². The van der Waals surface area contributed by atoms with Crippen molar-refractivity contribution in [3.8, 4) is 0 Å². The highest BCUT2D eigenvalue weighted by molar-refractivity contribution is 5.87. The molecule has 0 aliphatic heterocycles. The Bertz CT molecular complexity index is 933. The minimum absolute atomic E-state index is 0.242. The van der Waals surface area contributed by atoms with Gasteiger partial charge in [-0.15, -0.1) is 0 Å². The molecule has 0 bridgehead atoms. The van der Waals surface area contributed by atoms with Gasteiger partial charge in [0, 0.05) is 12.8 Å². The first-order valence-corrected chi connectivity index (χ1v) is 10.0. The largest absolute Gasteiger partial charge is 0.460 e. The number of rotatable bonds is 12. The molecule has 0 radical (unpaired) electrons. The van der Waals surface area contributed by atoms with Crippen LogP contribution in [0.3, 0.4) is 0 Å². The molecule has 4 nitrogen and oxygen atoms in total. The van der Waals surface area contributed by atoms with Crippen LogP contribution in [0.1, 0.15) is 25.3 Å². The van der Waals surface area contributed by atoms with Crippen molar-refractivity contribution in [1.82, 2.24) is 5.32 Å². The summed E-state index contributed by atoms with van der Waals surface area (Å²) in [7, 11) is 0. The Morgan fingerprint density at radius 3 is 1.73 bits per heavy atom. The first-order chi connectivity index (χ1) is 16.6. The molecule has 0 saturated carbocycles. The number of hydrogen-bond acceptors (Lipinski definition) is 3. The van der Waals surface area contributed by atoms with E-state index < -0.39 is 73.0 Å². The summed E-state index contributed by atoms with van der Waals surface area (Å²) in [5, 5.41) is 1.90. The molecule has 1 rings (SSSR count). The number of carbonyl (C=O) groups is 2. The standard InChI is InChI=1S/C20H18F13NO3/c1-2-37-14(36)34-12(10-11-6-4-3-5-7-11)13(35)8-9-15(21,22)16(23,24)17(25,26)18(27,28)19(29,30)20(31,32)33/h3-7,12H,2,8-10H2,1H3,(H,34,36). The van der Waals surface area contributed by atoms with Gasteiger partial charge >= 0.3 is 41.9 Å². The lowest BCUT2D eigenvalue weighted by Crippen LogP contribution is -2.70. The van der Waals surface area contributed by atoms with E-state index in [1.165, 1.54) is 37.3 Å². The van der Waals surface area contributed by atoms with E-state index >= 15 is 0 Å². The molecule has 0 aromatic heterocycles. The number of nitrogens with one attached hydrogen (secondary N) is 1. The van der Waals surface area contributed by atoms with Crippen LogP contribution in [-0.2, 0) is 16.0 Å². The summed E-state index contributed by atoms with van der Waals surface area (Å²) >= 11 is 0. The minimum Gasteiger partial charge on any atom is -0.450 e. The summed E-state index contributed by atoms with van der Waals surface area (Å²) in [4.78, 5) is 24.0. The van der Waals surface area contributed by atoms with Crippen molar-refractivity contribution in [2.24, 2.45) is 0 Å². The van der Waals surface area contributed by atoms with E-state index in [-0.39, 0.29) is 12.2 Å². The van der Waals surface area contributed by atoms with E-state index in [0.717, 1.165) is 0 Å². The molecular weight excluding hydrogens is 549 g/mol. The van der Waals surface area contributed by atoms with Crippen molar-refractivity contribution in [2.75, 3.05) is 6.61 Å². The van der Waals surface area contributed by atoms with Gasteiger partial charge in [-0.2, -0.15) is 57.1 Å². The lowest BCUT2D eigenvalue weighted by molar-refractivity contribution is -0.440. The van der Waals surface area contributed by atoms with Crippen LogP contribution < -0.4 is 5.32 Å². The third-order valence-corrected chi connectivity index (χ3v) is 4.92. The average Bonchev–Trinajstić information content (AvgIpc) is 2.76. The molecule has 0 heterocycles. The molecule has 1 N–H and O–H groups in total. The van der Waals surface area contributed by atoms with Crippen molar-refractivity contribution in [2.45, 2.75) is 68.0 Å². The highest BCUT2D eigenvalue weighted by atomic mass is 19.4. The van der Waals surface area contributed by atoms with Crippen LogP contribution in [0.25, 0.3) is 0 Å². The van der Waals surface area contributed by atoms with Gasteiger partial charge in [0.1, 0.15) is 0 Å². The number of hydrogen-bond donors (Lipinski definition) is 1. The third kappa shape index (κ3) is 6.40. The molecule has 1 aromatic carbocycles. The summed E-state index contributed by atoms with van der Waals surface area (Å²) in [6.07, 6.45) is -13.8. The van der Waals surface area contributed by atoms with Crippen molar-refractivity contribution in [1.29, 1.82) is 0 Å². The van der Waals surface area contributed by atoms with Crippen LogP contribution in [0, 0.1) is 0 Å². The summed E-state index contributed by atoms with van der Waals surface area (Å²) in [6.45, 7) is 1.09. The first kappa shape index (κ1) is 32.3. The molecule has 1 atom stereocenters. The first-order valence-electron chi connectivity index (χ1n) is 10.0. The maximum Gasteiger partial charge on any atom is 0.460 e. The monoisotopic (exact) mass is 567 g/mol. The summed E-state index contributed by atoms with van der Waals surface area (Å²) in [5.41, 5.74) is 0.273. The molecule has 1 amide bonds. The molecule has 1 unspecified atom stereocenters. The Hall–Kier alpha value is -2.75. The SMILES string of the molecule is CCOC(=O)NC(Cc1ccccc1)C(=O)CCC(F)(F)C(F)(F)C(F)(F)C(F)(F)C(F)(F)C(F)(F)F. The fourth-order valence-corrected chi connectivity index (χ4v) is 2.82. The van der Waals surface area contributed by atoms with E-state index in [2.05, 4.69) is 4.74 Å². The summed E-state index contributed by atoms with van der Waals surface area (Å²) in [6, 6.07) is 5.35. The van der Waals surface area contributed by atoms with Crippen LogP contribution in [0.15, 0.2) is 30.3 Å². The van der Waals surface area contributed by atoms with Gasteiger partial charge in [-0.05, 0) is 18.9 Å². The maximum atomic E-state index is 14.0. The van der Waals surface area contributed by atoms with E-state index in [1.807, 2.05) is 5.32 Å². The molecule has 0 aliphatic rings. The Labute approximate surface area is 200 Å². The molecular formula is C20H18F13NO3. The normalized spacial score (nSPS) is 14.8. The number of ketones is 1. The molecule has 0 spiro atoms. The van der Waals surface area contributed by atoms with Gasteiger partial charge in [0.15, 0.2) is 5.78 Å². The van der Waals surface area contributed by atoms with Crippen molar-refractivity contribution < 1.29 is 71.4 Å². The van der Waals surface area contributed by atoms with E-state index in [4.69, 9.17) is 0 Å². The second kappa shape index (κ2) is 10.9. The second-order valence-electron chi connectivity index (χ2n) is 7.57. The fourth-order valence-electron chi connectivity index (χ4n) is 2.82. The molecule has 0 aliphatic carbocycles. The number of carbonyl (C=O) groups excluding carboxylic acids is 2. The van der Waals surface area contributed by atoms with Crippen LogP contribution in [0.2, 0.25) is 0 Å². The van der Waals surface area contributed by atoms with Gasteiger partial charge in [0.05, 0.1) is 12.6 Å². The Morgan fingerprint density at radius 1 is 0.784 bits per heavy atom. The quantitative estimate of drug-likeness (QED) is 0.296. The number of alkyl carbamates (subject to hydrolysis) is 1. The number of benzene rings is 1. The lowest BCUT2D eigenvalue weighted by Gasteiger charge is -2.39. The Balaban J connectivity index is 3.20.